The van der Waals surface area contributed by atoms with Crippen LogP contribution in [0.15, 0.2) is 46.2 Å². The number of nitrogens with zero attached hydrogens (tertiary/aromatic N) is 6. The number of para-hydroxylation sites is 1. The Morgan fingerprint density at radius 3 is 2.55 bits per heavy atom. The van der Waals surface area contributed by atoms with E-state index < -0.39 is 35.4 Å². The molecule has 1 aromatic carbocycles. The number of rotatable bonds is 4. The first-order valence-electron chi connectivity index (χ1n) is 9.63. The molecule has 0 saturated carbocycles. The molecule has 0 unspecified atom stereocenters. The van der Waals surface area contributed by atoms with Gasteiger partial charge in [0.05, 0.1) is 23.3 Å². The number of benzene rings is 1. The average molecular weight is 461 g/mol. The number of carbonyl (C=O) groups is 1. The summed E-state index contributed by atoms with van der Waals surface area (Å²) in [5.74, 6) is -0.831. The zero-order chi connectivity index (χ0) is 24.1. The lowest BCUT2D eigenvalue weighted by Gasteiger charge is -2.15. The van der Waals surface area contributed by atoms with Crippen LogP contribution in [0.4, 0.5) is 19.0 Å². The Balaban J connectivity index is 1.71. The van der Waals surface area contributed by atoms with Crippen molar-refractivity contribution in [3.63, 3.8) is 0 Å². The number of imidazole rings is 1. The van der Waals surface area contributed by atoms with Crippen LogP contribution in [0.3, 0.4) is 0 Å². The lowest BCUT2D eigenvalue weighted by Crippen LogP contribution is -2.42. The number of carbonyl (C=O) groups excluding carboxylic acids is 1. The Morgan fingerprint density at radius 1 is 1.15 bits per heavy atom. The SMILES string of the molecule is Cc1cc(NC(=O)Cn2c(=O)c3c(ncn3C)n(C)c2=O)n(-c2ccccc2C(F)(F)F)n1. The molecule has 33 heavy (non-hydrogen) atoms. The van der Waals surface area contributed by atoms with E-state index in [0.717, 1.165) is 19.9 Å². The van der Waals surface area contributed by atoms with E-state index in [2.05, 4.69) is 15.4 Å². The van der Waals surface area contributed by atoms with Crippen molar-refractivity contribution in [2.75, 3.05) is 5.32 Å². The molecule has 1 N–H and O–H groups in total. The molecule has 4 aromatic rings. The van der Waals surface area contributed by atoms with E-state index in [1.165, 1.54) is 42.2 Å². The summed E-state index contributed by atoms with van der Waals surface area (Å²) in [5.41, 5.74) is -2.03. The molecular weight excluding hydrogens is 443 g/mol. The maximum absolute atomic E-state index is 13.5. The molecule has 4 rings (SSSR count). The van der Waals surface area contributed by atoms with Crippen LogP contribution in [0.2, 0.25) is 0 Å². The molecule has 3 aromatic heterocycles. The highest BCUT2D eigenvalue weighted by Crippen LogP contribution is 2.34. The summed E-state index contributed by atoms with van der Waals surface area (Å²) in [6.07, 6.45) is -3.27. The first-order chi connectivity index (χ1) is 15.5. The second-order valence-corrected chi connectivity index (χ2v) is 7.41. The van der Waals surface area contributed by atoms with Crippen molar-refractivity contribution in [1.82, 2.24) is 28.5 Å². The van der Waals surface area contributed by atoms with E-state index in [-0.39, 0.29) is 22.7 Å². The van der Waals surface area contributed by atoms with Crippen LogP contribution >= 0.6 is 0 Å². The Morgan fingerprint density at radius 2 is 1.85 bits per heavy atom. The van der Waals surface area contributed by atoms with Gasteiger partial charge in [-0.05, 0) is 19.1 Å². The number of nitrogens with one attached hydrogen (secondary N) is 1. The van der Waals surface area contributed by atoms with Gasteiger partial charge in [0.2, 0.25) is 5.91 Å². The molecule has 0 atom stereocenters. The van der Waals surface area contributed by atoms with Gasteiger partial charge in [0.1, 0.15) is 12.4 Å². The highest BCUT2D eigenvalue weighted by molar-refractivity contribution is 5.90. The number of anilines is 1. The Bertz CT molecular complexity index is 1510. The quantitative estimate of drug-likeness (QED) is 0.497. The lowest BCUT2D eigenvalue weighted by atomic mass is 10.1. The molecule has 1 amide bonds. The fraction of sp³-hybridized carbons (Fsp3) is 0.250. The van der Waals surface area contributed by atoms with Gasteiger partial charge >= 0.3 is 11.9 Å². The number of alkyl halides is 3. The van der Waals surface area contributed by atoms with E-state index >= 15 is 0 Å². The van der Waals surface area contributed by atoms with Crippen LogP contribution in [0, 0.1) is 6.92 Å². The number of halogens is 3. The van der Waals surface area contributed by atoms with Gasteiger partial charge in [-0.1, -0.05) is 12.1 Å². The topological polar surface area (TPSA) is 109 Å². The van der Waals surface area contributed by atoms with Gasteiger partial charge < -0.3 is 9.88 Å². The third-order valence-electron chi connectivity index (χ3n) is 5.04. The van der Waals surface area contributed by atoms with Gasteiger partial charge in [0, 0.05) is 20.2 Å². The number of amides is 1. The van der Waals surface area contributed by atoms with Crippen LogP contribution in [0.25, 0.3) is 16.9 Å². The first-order valence-corrected chi connectivity index (χ1v) is 9.63. The van der Waals surface area contributed by atoms with Gasteiger partial charge in [-0.3, -0.25) is 14.2 Å². The fourth-order valence-corrected chi connectivity index (χ4v) is 3.53. The van der Waals surface area contributed by atoms with Gasteiger partial charge in [-0.15, -0.1) is 0 Å². The Labute approximate surface area is 183 Å². The molecule has 0 aliphatic rings. The molecule has 0 aliphatic carbocycles. The maximum Gasteiger partial charge on any atom is 0.418 e. The predicted molar refractivity (Wildman–Crippen MR) is 112 cm³/mol. The van der Waals surface area contributed by atoms with E-state index in [0.29, 0.717) is 5.69 Å². The molecule has 13 heteroatoms. The first kappa shape index (κ1) is 22.0. The smallest absolute Gasteiger partial charge is 0.328 e. The summed E-state index contributed by atoms with van der Waals surface area (Å²) in [7, 11) is 2.99. The van der Waals surface area contributed by atoms with Crippen molar-refractivity contribution in [3.8, 4) is 5.69 Å². The Hall–Kier alpha value is -4.16. The summed E-state index contributed by atoms with van der Waals surface area (Å²) in [4.78, 5) is 42.1. The third-order valence-corrected chi connectivity index (χ3v) is 5.04. The molecule has 3 heterocycles. The lowest BCUT2D eigenvalue weighted by molar-refractivity contribution is -0.137. The van der Waals surface area contributed by atoms with Crippen molar-refractivity contribution in [2.45, 2.75) is 19.6 Å². The minimum atomic E-state index is -4.64. The second-order valence-electron chi connectivity index (χ2n) is 7.41. The van der Waals surface area contributed by atoms with Gasteiger partial charge in [-0.2, -0.15) is 18.3 Å². The zero-order valence-corrected chi connectivity index (χ0v) is 17.7. The summed E-state index contributed by atoms with van der Waals surface area (Å²) in [5, 5.41) is 6.52. The standard InChI is InChI=1S/C20H18F3N7O3/c1-11-8-14(30(26-11)13-7-5-4-6-12(13)20(21,22)23)25-15(31)9-29-18(32)16-17(24-10-27(16)2)28(3)19(29)33/h4-8,10H,9H2,1-3H3,(H,25,31). The molecule has 0 aliphatic heterocycles. The van der Waals surface area contributed by atoms with Gasteiger partial charge in [0.25, 0.3) is 5.56 Å². The third kappa shape index (κ3) is 3.81. The Kier molecular flexibility index (Phi) is 5.18. The van der Waals surface area contributed by atoms with E-state index in [9.17, 15) is 27.6 Å². The van der Waals surface area contributed by atoms with E-state index in [1.54, 1.807) is 14.0 Å². The fourth-order valence-electron chi connectivity index (χ4n) is 3.53. The van der Waals surface area contributed by atoms with Crippen LogP contribution < -0.4 is 16.6 Å². The molecule has 0 spiro atoms. The van der Waals surface area contributed by atoms with Gasteiger partial charge in [-0.25, -0.2) is 19.0 Å². The van der Waals surface area contributed by atoms with Crippen LogP contribution in [-0.4, -0.2) is 34.4 Å². The number of hydrogen-bond acceptors (Lipinski definition) is 5. The predicted octanol–water partition coefficient (Wildman–Crippen LogP) is 1.59. The summed E-state index contributed by atoms with van der Waals surface area (Å²) in [6, 6.07) is 6.18. The van der Waals surface area contributed by atoms with Crippen LogP contribution in [-0.2, 0) is 31.6 Å². The average Bonchev–Trinajstić information content (AvgIpc) is 3.31. The number of fused-ring (bicyclic) bond motifs is 1. The minimum absolute atomic E-state index is 0.0410. The molecule has 0 saturated heterocycles. The summed E-state index contributed by atoms with van der Waals surface area (Å²) < 4.78 is 44.7. The van der Waals surface area contributed by atoms with Crippen LogP contribution in [0.5, 0.6) is 0 Å². The molecule has 0 radical (unpaired) electrons. The molecular formula is C20H18F3N7O3. The van der Waals surface area contributed by atoms with Crippen molar-refractivity contribution in [3.05, 3.63) is 68.8 Å². The van der Waals surface area contributed by atoms with Crippen molar-refractivity contribution in [2.24, 2.45) is 14.1 Å². The number of hydrogen-bond donors (Lipinski definition) is 1. The highest BCUT2D eigenvalue weighted by atomic mass is 19.4. The van der Waals surface area contributed by atoms with Crippen LogP contribution in [0.1, 0.15) is 11.3 Å². The summed E-state index contributed by atoms with van der Waals surface area (Å²) >= 11 is 0. The molecule has 10 nitrogen and oxygen atoms in total. The summed E-state index contributed by atoms with van der Waals surface area (Å²) in [6.45, 7) is 0.900. The van der Waals surface area contributed by atoms with E-state index in [1.807, 2.05) is 0 Å². The largest absolute Gasteiger partial charge is 0.418 e. The monoisotopic (exact) mass is 461 g/mol. The number of aryl methyl sites for hydroxylation is 3. The second kappa shape index (κ2) is 7.76. The normalized spacial score (nSPS) is 11.8. The van der Waals surface area contributed by atoms with Crippen molar-refractivity contribution >= 4 is 22.9 Å². The highest BCUT2D eigenvalue weighted by Gasteiger charge is 2.34. The van der Waals surface area contributed by atoms with Gasteiger partial charge in [0.15, 0.2) is 11.2 Å². The van der Waals surface area contributed by atoms with E-state index in [4.69, 9.17) is 0 Å². The van der Waals surface area contributed by atoms with Crippen molar-refractivity contribution in [1.29, 1.82) is 0 Å². The molecule has 0 bridgehead atoms. The van der Waals surface area contributed by atoms with Crippen molar-refractivity contribution < 1.29 is 18.0 Å². The number of aromatic nitrogens is 6. The maximum atomic E-state index is 13.5. The zero-order valence-electron chi connectivity index (χ0n) is 17.7. The minimum Gasteiger partial charge on any atom is -0.328 e. The molecule has 0 fully saturated rings. The molecule has 172 valence electrons.